The summed E-state index contributed by atoms with van der Waals surface area (Å²) in [5.41, 5.74) is 0. The Kier molecular flexibility index (Phi) is 7.14. The van der Waals surface area contributed by atoms with Crippen molar-refractivity contribution in [2.24, 2.45) is 5.92 Å². The summed E-state index contributed by atoms with van der Waals surface area (Å²) in [7, 11) is 0. The first-order chi connectivity index (χ1) is 8.13. The number of hydrogen-bond acceptors (Lipinski definition) is 2. The maximum Gasteiger partial charge on any atom is 0.00670 e. The van der Waals surface area contributed by atoms with Crippen molar-refractivity contribution in [2.75, 3.05) is 19.6 Å². The standard InChI is InChI=1S/C15H32N2/c1-5-6-7-8-14(4)17-10-9-15(12-17)11-16-13(2)3/h13-16H,5-12H2,1-4H3. The average Bonchev–Trinajstić information content (AvgIpc) is 2.75. The Labute approximate surface area is 108 Å². The smallest absolute Gasteiger partial charge is 0.00670 e. The van der Waals surface area contributed by atoms with Gasteiger partial charge in [-0.15, -0.1) is 0 Å². The molecule has 2 unspecified atom stereocenters. The van der Waals surface area contributed by atoms with Crippen LogP contribution in [-0.2, 0) is 0 Å². The minimum absolute atomic E-state index is 0.631. The molecule has 2 atom stereocenters. The third-order valence-electron chi connectivity index (χ3n) is 3.98. The molecule has 0 saturated carbocycles. The first kappa shape index (κ1) is 15.0. The van der Waals surface area contributed by atoms with Crippen LogP contribution in [0.4, 0.5) is 0 Å². The molecule has 1 heterocycles. The zero-order valence-corrected chi connectivity index (χ0v) is 12.3. The zero-order valence-electron chi connectivity index (χ0n) is 12.3. The molecule has 1 aliphatic rings. The van der Waals surface area contributed by atoms with Gasteiger partial charge in [-0.25, -0.2) is 0 Å². The lowest BCUT2D eigenvalue weighted by molar-refractivity contribution is 0.232. The molecule has 0 spiro atoms. The van der Waals surface area contributed by atoms with Crippen LogP contribution < -0.4 is 5.32 Å². The van der Waals surface area contributed by atoms with Crippen LogP contribution >= 0.6 is 0 Å². The second kappa shape index (κ2) is 8.10. The monoisotopic (exact) mass is 240 g/mol. The minimum Gasteiger partial charge on any atom is -0.314 e. The minimum atomic E-state index is 0.631. The Morgan fingerprint density at radius 2 is 2.00 bits per heavy atom. The summed E-state index contributed by atoms with van der Waals surface area (Å²) < 4.78 is 0. The Bertz CT molecular complexity index is 191. The van der Waals surface area contributed by atoms with Crippen LogP contribution in [0.3, 0.4) is 0 Å². The SMILES string of the molecule is CCCCCC(C)N1CCC(CNC(C)C)C1. The molecule has 0 aliphatic carbocycles. The summed E-state index contributed by atoms with van der Waals surface area (Å²) in [4.78, 5) is 2.70. The van der Waals surface area contributed by atoms with E-state index < -0.39 is 0 Å². The van der Waals surface area contributed by atoms with Gasteiger partial charge in [0.05, 0.1) is 0 Å². The average molecular weight is 240 g/mol. The number of rotatable bonds is 8. The van der Waals surface area contributed by atoms with Gasteiger partial charge < -0.3 is 10.2 Å². The highest BCUT2D eigenvalue weighted by molar-refractivity contribution is 4.81. The molecular formula is C15H32N2. The summed E-state index contributed by atoms with van der Waals surface area (Å²) in [6.45, 7) is 13.0. The van der Waals surface area contributed by atoms with Crippen molar-refractivity contribution in [2.45, 2.75) is 71.9 Å². The summed E-state index contributed by atoms with van der Waals surface area (Å²) >= 11 is 0. The van der Waals surface area contributed by atoms with Gasteiger partial charge in [0.1, 0.15) is 0 Å². The fourth-order valence-corrected chi connectivity index (χ4v) is 2.70. The zero-order chi connectivity index (χ0) is 12.7. The van der Waals surface area contributed by atoms with Gasteiger partial charge >= 0.3 is 0 Å². The van der Waals surface area contributed by atoms with E-state index in [2.05, 4.69) is 37.9 Å². The number of nitrogens with one attached hydrogen (secondary N) is 1. The van der Waals surface area contributed by atoms with Gasteiger partial charge in [-0.2, -0.15) is 0 Å². The number of unbranched alkanes of at least 4 members (excludes halogenated alkanes) is 2. The van der Waals surface area contributed by atoms with Gasteiger partial charge in [-0.05, 0) is 38.8 Å². The lowest BCUT2D eigenvalue weighted by Crippen LogP contribution is -2.34. The highest BCUT2D eigenvalue weighted by Crippen LogP contribution is 2.20. The predicted molar refractivity (Wildman–Crippen MR) is 76.4 cm³/mol. The molecule has 0 bridgehead atoms. The van der Waals surface area contributed by atoms with Crippen molar-refractivity contribution in [1.29, 1.82) is 0 Å². The van der Waals surface area contributed by atoms with Gasteiger partial charge in [0.2, 0.25) is 0 Å². The summed E-state index contributed by atoms with van der Waals surface area (Å²) in [6, 6.07) is 1.43. The van der Waals surface area contributed by atoms with E-state index in [4.69, 9.17) is 0 Å². The van der Waals surface area contributed by atoms with Crippen LogP contribution in [0.15, 0.2) is 0 Å². The van der Waals surface area contributed by atoms with Gasteiger partial charge in [0, 0.05) is 18.6 Å². The van der Waals surface area contributed by atoms with E-state index >= 15 is 0 Å². The molecule has 1 aliphatic heterocycles. The van der Waals surface area contributed by atoms with E-state index in [0.717, 1.165) is 12.0 Å². The van der Waals surface area contributed by atoms with E-state index in [1.807, 2.05) is 0 Å². The summed E-state index contributed by atoms with van der Waals surface area (Å²) in [5.74, 6) is 0.881. The molecule has 1 fully saturated rings. The van der Waals surface area contributed by atoms with E-state index in [0.29, 0.717) is 6.04 Å². The third kappa shape index (κ3) is 5.87. The topological polar surface area (TPSA) is 15.3 Å². The van der Waals surface area contributed by atoms with E-state index in [9.17, 15) is 0 Å². The van der Waals surface area contributed by atoms with Crippen LogP contribution in [0.2, 0.25) is 0 Å². The molecule has 2 heteroatoms. The number of hydrogen-bond donors (Lipinski definition) is 1. The Balaban J connectivity index is 2.15. The van der Waals surface area contributed by atoms with Crippen molar-refractivity contribution < 1.29 is 0 Å². The van der Waals surface area contributed by atoms with E-state index in [-0.39, 0.29) is 0 Å². The number of nitrogens with zero attached hydrogens (tertiary/aromatic N) is 1. The normalized spacial score (nSPS) is 23.5. The molecule has 0 aromatic heterocycles. The van der Waals surface area contributed by atoms with E-state index in [1.165, 1.54) is 51.7 Å². The second-order valence-electron chi connectivity index (χ2n) is 6.06. The molecule has 2 nitrogen and oxygen atoms in total. The molecular weight excluding hydrogens is 208 g/mol. The lowest BCUT2D eigenvalue weighted by Gasteiger charge is -2.24. The summed E-state index contributed by atoms with van der Waals surface area (Å²) in [6.07, 6.45) is 6.92. The molecule has 102 valence electrons. The van der Waals surface area contributed by atoms with Gasteiger partial charge in [0.15, 0.2) is 0 Å². The molecule has 0 amide bonds. The maximum absolute atomic E-state index is 3.57. The molecule has 1 rings (SSSR count). The van der Waals surface area contributed by atoms with Crippen LogP contribution in [0.5, 0.6) is 0 Å². The van der Waals surface area contributed by atoms with Crippen LogP contribution in [0.1, 0.15) is 59.8 Å². The highest BCUT2D eigenvalue weighted by atomic mass is 15.2. The fourth-order valence-electron chi connectivity index (χ4n) is 2.70. The van der Waals surface area contributed by atoms with Crippen molar-refractivity contribution >= 4 is 0 Å². The van der Waals surface area contributed by atoms with Crippen molar-refractivity contribution in [3.63, 3.8) is 0 Å². The largest absolute Gasteiger partial charge is 0.314 e. The van der Waals surface area contributed by atoms with Crippen molar-refractivity contribution in [1.82, 2.24) is 10.2 Å². The Hall–Kier alpha value is -0.0800. The van der Waals surface area contributed by atoms with Gasteiger partial charge in [0.25, 0.3) is 0 Å². The van der Waals surface area contributed by atoms with Crippen molar-refractivity contribution in [3.05, 3.63) is 0 Å². The molecule has 0 aromatic carbocycles. The van der Waals surface area contributed by atoms with Crippen LogP contribution in [0, 0.1) is 5.92 Å². The molecule has 17 heavy (non-hydrogen) atoms. The Morgan fingerprint density at radius 1 is 1.24 bits per heavy atom. The summed E-state index contributed by atoms with van der Waals surface area (Å²) in [5, 5.41) is 3.57. The molecule has 1 N–H and O–H groups in total. The highest BCUT2D eigenvalue weighted by Gasteiger charge is 2.25. The molecule has 0 aromatic rings. The fraction of sp³-hybridized carbons (Fsp3) is 1.00. The predicted octanol–water partition coefficient (Wildman–Crippen LogP) is 3.28. The molecule has 1 saturated heterocycles. The number of likely N-dealkylation sites (tertiary alicyclic amines) is 1. The van der Waals surface area contributed by atoms with Gasteiger partial charge in [-0.3, -0.25) is 0 Å². The Morgan fingerprint density at radius 3 is 2.65 bits per heavy atom. The van der Waals surface area contributed by atoms with Crippen LogP contribution in [0.25, 0.3) is 0 Å². The first-order valence-corrected chi connectivity index (χ1v) is 7.61. The maximum atomic E-state index is 3.57. The first-order valence-electron chi connectivity index (χ1n) is 7.61. The third-order valence-corrected chi connectivity index (χ3v) is 3.98. The lowest BCUT2D eigenvalue weighted by atomic mass is 10.1. The van der Waals surface area contributed by atoms with Gasteiger partial charge in [-0.1, -0.05) is 40.0 Å². The van der Waals surface area contributed by atoms with E-state index in [1.54, 1.807) is 0 Å². The van der Waals surface area contributed by atoms with Crippen LogP contribution in [-0.4, -0.2) is 36.6 Å². The quantitative estimate of drug-likeness (QED) is 0.655. The second-order valence-corrected chi connectivity index (χ2v) is 6.06. The van der Waals surface area contributed by atoms with Crippen molar-refractivity contribution in [3.8, 4) is 0 Å². The molecule has 0 radical (unpaired) electrons.